The molecule has 22 heavy (non-hydrogen) atoms. The van der Waals surface area contributed by atoms with Crippen LogP contribution in [0.3, 0.4) is 0 Å². The second-order valence-electron chi connectivity index (χ2n) is 6.19. The number of sulfonamides is 1. The predicted octanol–water partition coefficient (Wildman–Crippen LogP) is 2.91. The van der Waals surface area contributed by atoms with Crippen LogP contribution in [-0.2, 0) is 10.0 Å². The Kier molecular flexibility index (Phi) is 5.09. The first kappa shape index (κ1) is 17.2. The van der Waals surface area contributed by atoms with Crippen molar-refractivity contribution in [3.63, 3.8) is 0 Å². The monoisotopic (exact) mass is 344 g/mol. The first-order chi connectivity index (χ1) is 10.2. The minimum Gasteiger partial charge on any atom is -0.343 e. The minimum atomic E-state index is -3.62. The van der Waals surface area contributed by atoms with E-state index in [1.165, 1.54) is 16.6 Å². The van der Waals surface area contributed by atoms with Gasteiger partial charge in [-0.15, -0.1) is 10.2 Å². The number of nitrogens with zero attached hydrogens (tertiary/aromatic N) is 3. The molecule has 2 aromatic heterocycles. The van der Waals surface area contributed by atoms with E-state index in [0.29, 0.717) is 24.1 Å². The lowest BCUT2D eigenvalue weighted by Crippen LogP contribution is -2.36. The van der Waals surface area contributed by atoms with E-state index in [1.807, 2.05) is 27.7 Å². The maximum absolute atomic E-state index is 13.0. The zero-order valence-corrected chi connectivity index (χ0v) is 14.7. The minimum absolute atomic E-state index is 0.169. The van der Waals surface area contributed by atoms with Crippen LogP contribution in [0.15, 0.2) is 17.2 Å². The van der Waals surface area contributed by atoms with Crippen molar-refractivity contribution in [2.75, 3.05) is 13.1 Å². The molecule has 0 radical (unpaired) electrons. The molecule has 2 aromatic rings. The molecule has 0 amide bonds. The van der Waals surface area contributed by atoms with E-state index in [9.17, 15) is 8.42 Å². The van der Waals surface area contributed by atoms with Gasteiger partial charge in [0.15, 0.2) is 10.8 Å². The Balaban J connectivity index is 2.51. The topological polar surface area (TPSA) is 79.0 Å². The maximum Gasteiger partial charge on any atom is 0.245 e. The molecule has 2 heterocycles. The zero-order valence-electron chi connectivity index (χ0n) is 13.2. The van der Waals surface area contributed by atoms with Gasteiger partial charge in [-0.1, -0.05) is 39.3 Å². The largest absolute Gasteiger partial charge is 0.343 e. The van der Waals surface area contributed by atoms with E-state index in [4.69, 9.17) is 11.6 Å². The summed E-state index contributed by atoms with van der Waals surface area (Å²) in [7, 11) is -3.62. The summed E-state index contributed by atoms with van der Waals surface area (Å²) in [6, 6.07) is 1.52. The normalized spacial score (nSPS) is 12.9. The van der Waals surface area contributed by atoms with Crippen LogP contribution in [0.2, 0.25) is 5.15 Å². The molecule has 0 saturated heterocycles. The van der Waals surface area contributed by atoms with Crippen molar-refractivity contribution in [2.24, 2.45) is 11.8 Å². The molecule has 0 spiro atoms. The Morgan fingerprint density at radius 3 is 2.32 bits per heavy atom. The van der Waals surface area contributed by atoms with Gasteiger partial charge >= 0.3 is 0 Å². The average Bonchev–Trinajstić information content (AvgIpc) is 2.80. The number of fused-ring (bicyclic) bond motifs is 1. The van der Waals surface area contributed by atoms with Gasteiger partial charge in [0.05, 0.1) is 0 Å². The van der Waals surface area contributed by atoms with Crippen LogP contribution in [0.1, 0.15) is 27.7 Å². The van der Waals surface area contributed by atoms with Crippen LogP contribution in [0, 0.1) is 11.8 Å². The number of aromatic nitrogens is 3. The number of nitrogens with one attached hydrogen (secondary N) is 1. The number of halogens is 1. The van der Waals surface area contributed by atoms with Crippen molar-refractivity contribution in [1.29, 1.82) is 0 Å². The molecule has 0 aliphatic carbocycles. The lowest BCUT2D eigenvalue weighted by molar-refractivity contribution is 0.333. The van der Waals surface area contributed by atoms with Crippen LogP contribution >= 0.6 is 11.6 Å². The van der Waals surface area contributed by atoms with Gasteiger partial charge in [-0.05, 0) is 17.9 Å². The van der Waals surface area contributed by atoms with Gasteiger partial charge in [-0.3, -0.25) is 0 Å². The van der Waals surface area contributed by atoms with Gasteiger partial charge in [0.25, 0.3) is 0 Å². The molecule has 2 rings (SSSR count). The highest BCUT2D eigenvalue weighted by Gasteiger charge is 2.28. The number of rotatable bonds is 6. The number of hydrogen-bond acceptors (Lipinski definition) is 4. The van der Waals surface area contributed by atoms with Crippen molar-refractivity contribution < 1.29 is 8.42 Å². The molecule has 0 aromatic carbocycles. The lowest BCUT2D eigenvalue weighted by Gasteiger charge is -2.25. The molecule has 0 atom stereocenters. The van der Waals surface area contributed by atoms with E-state index >= 15 is 0 Å². The summed E-state index contributed by atoms with van der Waals surface area (Å²) < 4.78 is 27.5. The average molecular weight is 345 g/mol. The molecule has 6 nitrogen and oxygen atoms in total. The van der Waals surface area contributed by atoms with Gasteiger partial charge in [0.1, 0.15) is 4.90 Å². The van der Waals surface area contributed by atoms with E-state index in [1.54, 1.807) is 0 Å². The zero-order chi connectivity index (χ0) is 16.5. The van der Waals surface area contributed by atoms with E-state index in [0.717, 1.165) is 0 Å². The fourth-order valence-electron chi connectivity index (χ4n) is 2.31. The highest BCUT2D eigenvalue weighted by atomic mass is 35.5. The Hall–Kier alpha value is -1.18. The molecule has 8 heteroatoms. The van der Waals surface area contributed by atoms with Gasteiger partial charge in [0.2, 0.25) is 10.0 Å². The molecular formula is C14H21ClN4O2S. The Morgan fingerprint density at radius 1 is 1.18 bits per heavy atom. The molecule has 0 aliphatic rings. The van der Waals surface area contributed by atoms with Crippen molar-refractivity contribution >= 4 is 32.7 Å². The van der Waals surface area contributed by atoms with Crippen molar-refractivity contribution in [1.82, 2.24) is 19.5 Å². The third-order valence-corrected chi connectivity index (χ3v) is 5.18. The highest BCUT2D eigenvalue weighted by molar-refractivity contribution is 7.89. The van der Waals surface area contributed by atoms with Crippen LogP contribution in [-0.4, -0.2) is 41.0 Å². The number of aromatic amines is 1. The number of H-pyrrole nitrogens is 1. The molecule has 0 aliphatic heterocycles. The van der Waals surface area contributed by atoms with Gasteiger partial charge < -0.3 is 4.98 Å². The van der Waals surface area contributed by atoms with Gasteiger partial charge in [0, 0.05) is 24.7 Å². The Bertz CT molecular complexity index is 745. The lowest BCUT2D eigenvalue weighted by atomic mass is 10.2. The first-order valence-electron chi connectivity index (χ1n) is 7.22. The summed E-state index contributed by atoms with van der Waals surface area (Å²) in [5, 5.41) is 8.23. The van der Waals surface area contributed by atoms with E-state index in [-0.39, 0.29) is 21.9 Å². The Labute approximate surface area is 135 Å². The van der Waals surface area contributed by atoms with Crippen LogP contribution < -0.4 is 0 Å². The summed E-state index contributed by atoms with van der Waals surface area (Å²) in [6.45, 7) is 8.94. The fraction of sp³-hybridized carbons (Fsp3) is 0.571. The second kappa shape index (κ2) is 6.52. The third-order valence-electron chi connectivity index (χ3n) is 3.12. The summed E-state index contributed by atoms with van der Waals surface area (Å²) in [6.07, 6.45) is 1.46. The first-order valence-corrected chi connectivity index (χ1v) is 9.04. The van der Waals surface area contributed by atoms with Crippen molar-refractivity contribution in [2.45, 2.75) is 32.6 Å². The van der Waals surface area contributed by atoms with Crippen LogP contribution in [0.5, 0.6) is 0 Å². The summed E-state index contributed by atoms with van der Waals surface area (Å²) >= 11 is 5.85. The SMILES string of the molecule is CC(C)CN(CC(C)C)S(=O)(=O)c1c[nH]c2nnc(Cl)cc12. The molecule has 0 saturated carbocycles. The third kappa shape index (κ3) is 3.59. The smallest absolute Gasteiger partial charge is 0.245 e. The molecule has 0 fully saturated rings. The fourth-order valence-corrected chi connectivity index (χ4v) is 4.37. The van der Waals surface area contributed by atoms with Gasteiger partial charge in [-0.2, -0.15) is 4.31 Å². The second-order valence-corrected chi connectivity index (χ2v) is 8.49. The van der Waals surface area contributed by atoms with E-state index < -0.39 is 10.0 Å². The molecule has 0 bridgehead atoms. The summed E-state index contributed by atoms with van der Waals surface area (Å²) in [5.41, 5.74) is 0.414. The summed E-state index contributed by atoms with van der Waals surface area (Å²) in [5.74, 6) is 0.476. The van der Waals surface area contributed by atoms with Crippen molar-refractivity contribution in [3.8, 4) is 0 Å². The molecular weight excluding hydrogens is 324 g/mol. The van der Waals surface area contributed by atoms with Gasteiger partial charge in [-0.25, -0.2) is 8.42 Å². The van der Waals surface area contributed by atoms with E-state index in [2.05, 4.69) is 15.2 Å². The number of hydrogen-bond donors (Lipinski definition) is 1. The molecule has 1 N–H and O–H groups in total. The standard InChI is InChI=1S/C14H21ClN4O2S/c1-9(2)7-19(8-10(3)4)22(20,21)12-6-16-14-11(12)5-13(15)17-18-14/h5-6,9-10H,7-8H2,1-4H3,(H,16,18). The molecule has 0 unspecified atom stereocenters. The van der Waals surface area contributed by atoms with Crippen LogP contribution in [0.4, 0.5) is 0 Å². The Morgan fingerprint density at radius 2 is 1.77 bits per heavy atom. The highest BCUT2D eigenvalue weighted by Crippen LogP contribution is 2.26. The predicted molar refractivity (Wildman–Crippen MR) is 87.3 cm³/mol. The maximum atomic E-state index is 13.0. The summed E-state index contributed by atoms with van der Waals surface area (Å²) in [4.78, 5) is 3.04. The van der Waals surface area contributed by atoms with Crippen molar-refractivity contribution in [3.05, 3.63) is 17.4 Å². The van der Waals surface area contributed by atoms with Crippen LogP contribution in [0.25, 0.3) is 11.0 Å². The molecule has 122 valence electrons. The quantitative estimate of drug-likeness (QED) is 0.873.